The molecule has 1 aromatic heterocycles. The van der Waals surface area contributed by atoms with E-state index in [0.29, 0.717) is 13.2 Å². The molecule has 0 spiro atoms. The van der Waals surface area contributed by atoms with Crippen molar-refractivity contribution in [3.05, 3.63) is 29.6 Å². The SMILES string of the molecule is CCCNCc1cccc(COCC2CCCCO2)n1. The summed E-state index contributed by atoms with van der Waals surface area (Å²) in [5.41, 5.74) is 2.07. The molecule has 4 heteroatoms. The van der Waals surface area contributed by atoms with Gasteiger partial charge in [0.2, 0.25) is 0 Å². The van der Waals surface area contributed by atoms with Crippen LogP contribution in [-0.2, 0) is 22.6 Å². The highest BCUT2D eigenvalue weighted by atomic mass is 16.5. The number of pyridine rings is 1. The van der Waals surface area contributed by atoms with Gasteiger partial charge in [0.1, 0.15) is 0 Å². The van der Waals surface area contributed by atoms with Crippen LogP contribution >= 0.6 is 0 Å². The van der Waals surface area contributed by atoms with Gasteiger partial charge in [-0.1, -0.05) is 13.0 Å². The number of nitrogens with one attached hydrogen (secondary N) is 1. The van der Waals surface area contributed by atoms with E-state index in [1.54, 1.807) is 0 Å². The predicted octanol–water partition coefficient (Wildman–Crippen LogP) is 2.67. The normalized spacial score (nSPS) is 19.1. The van der Waals surface area contributed by atoms with E-state index in [9.17, 15) is 0 Å². The Bertz CT molecular complexity index is 378. The lowest BCUT2D eigenvalue weighted by atomic mass is 10.1. The largest absolute Gasteiger partial charge is 0.376 e. The van der Waals surface area contributed by atoms with Gasteiger partial charge in [0.15, 0.2) is 0 Å². The molecule has 1 saturated heterocycles. The molecule has 0 amide bonds. The van der Waals surface area contributed by atoms with E-state index in [2.05, 4.69) is 23.3 Å². The molecule has 0 bridgehead atoms. The molecule has 1 unspecified atom stereocenters. The minimum atomic E-state index is 0.276. The highest BCUT2D eigenvalue weighted by Crippen LogP contribution is 2.13. The smallest absolute Gasteiger partial charge is 0.0889 e. The molecule has 112 valence electrons. The third-order valence-corrected chi connectivity index (χ3v) is 3.43. The number of aromatic nitrogens is 1. The second-order valence-corrected chi connectivity index (χ2v) is 5.30. The molecule has 1 aliphatic heterocycles. The number of hydrogen-bond donors (Lipinski definition) is 1. The molecule has 1 atom stereocenters. The van der Waals surface area contributed by atoms with Crippen LogP contribution in [0.4, 0.5) is 0 Å². The first-order valence-corrected chi connectivity index (χ1v) is 7.73. The van der Waals surface area contributed by atoms with Gasteiger partial charge in [0.05, 0.1) is 30.7 Å². The van der Waals surface area contributed by atoms with Gasteiger partial charge in [-0.3, -0.25) is 4.98 Å². The van der Waals surface area contributed by atoms with Crippen LogP contribution in [-0.4, -0.2) is 30.8 Å². The zero-order valence-electron chi connectivity index (χ0n) is 12.4. The summed E-state index contributed by atoms with van der Waals surface area (Å²) in [6, 6.07) is 6.12. The maximum absolute atomic E-state index is 5.73. The molecule has 1 aromatic rings. The van der Waals surface area contributed by atoms with Gasteiger partial charge in [-0.15, -0.1) is 0 Å². The van der Waals surface area contributed by atoms with Crippen LogP contribution in [0.1, 0.15) is 44.0 Å². The van der Waals surface area contributed by atoms with Crippen molar-refractivity contribution in [1.82, 2.24) is 10.3 Å². The van der Waals surface area contributed by atoms with Crippen LogP contribution in [0, 0.1) is 0 Å². The van der Waals surface area contributed by atoms with Gasteiger partial charge in [-0.05, 0) is 44.4 Å². The Kier molecular flexibility index (Phi) is 6.98. The summed E-state index contributed by atoms with van der Waals surface area (Å²) in [5, 5.41) is 3.36. The van der Waals surface area contributed by atoms with Crippen molar-refractivity contribution >= 4 is 0 Å². The first kappa shape index (κ1) is 15.4. The number of nitrogens with zero attached hydrogens (tertiary/aromatic N) is 1. The van der Waals surface area contributed by atoms with Gasteiger partial charge in [0, 0.05) is 13.2 Å². The molecule has 0 aromatic carbocycles. The first-order valence-electron chi connectivity index (χ1n) is 7.73. The summed E-state index contributed by atoms with van der Waals surface area (Å²) in [7, 11) is 0. The van der Waals surface area contributed by atoms with Crippen LogP contribution in [0.25, 0.3) is 0 Å². The molecule has 2 rings (SSSR count). The Hall–Kier alpha value is -0.970. The van der Waals surface area contributed by atoms with Crippen molar-refractivity contribution in [2.24, 2.45) is 0 Å². The molecular weight excluding hydrogens is 252 g/mol. The molecule has 0 radical (unpaired) electrons. The zero-order chi connectivity index (χ0) is 14.0. The molecule has 0 saturated carbocycles. The van der Waals surface area contributed by atoms with Gasteiger partial charge in [0.25, 0.3) is 0 Å². The predicted molar refractivity (Wildman–Crippen MR) is 79.5 cm³/mol. The number of ether oxygens (including phenoxy) is 2. The molecule has 4 nitrogen and oxygen atoms in total. The lowest BCUT2D eigenvalue weighted by Gasteiger charge is -2.22. The maximum Gasteiger partial charge on any atom is 0.0889 e. The summed E-state index contributed by atoms with van der Waals surface area (Å²) in [6.45, 7) is 6.15. The first-order chi connectivity index (χ1) is 9.88. The molecule has 0 aliphatic carbocycles. The van der Waals surface area contributed by atoms with Crippen LogP contribution in [0.15, 0.2) is 18.2 Å². The monoisotopic (exact) mass is 278 g/mol. The molecular formula is C16H26N2O2. The molecule has 1 fully saturated rings. The van der Waals surface area contributed by atoms with Crippen LogP contribution in [0.3, 0.4) is 0 Å². The Morgan fingerprint density at radius 2 is 2.25 bits per heavy atom. The Labute approximate surface area is 121 Å². The minimum Gasteiger partial charge on any atom is -0.376 e. The average Bonchev–Trinajstić information content (AvgIpc) is 2.49. The van der Waals surface area contributed by atoms with Gasteiger partial charge >= 0.3 is 0 Å². The van der Waals surface area contributed by atoms with E-state index in [-0.39, 0.29) is 6.10 Å². The summed E-state index contributed by atoms with van der Waals surface area (Å²) in [4.78, 5) is 4.60. The Morgan fingerprint density at radius 1 is 1.35 bits per heavy atom. The van der Waals surface area contributed by atoms with Gasteiger partial charge < -0.3 is 14.8 Å². The second kappa shape index (κ2) is 9.06. The standard InChI is InChI=1S/C16H26N2O2/c1-2-9-17-11-14-6-5-7-15(18-14)12-19-13-16-8-3-4-10-20-16/h5-7,16-17H,2-4,8-13H2,1H3. The van der Waals surface area contributed by atoms with Crippen LogP contribution < -0.4 is 5.32 Å². The van der Waals surface area contributed by atoms with E-state index in [1.165, 1.54) is 12.8 Å². The van der Waals surface area contributed by atoms with E-state index < -0.39 is 0 Å². The quantitative estimate of drug-likeness (QED) is 0.742. The summed E-state index contributed by atoms with van der Waals surface area (Å²) in [5.74, 6) is 0. The highest BCUT2D eigenvalue weighted by molar-refractivity contribution is 5.10. The van der Waals surface area contributed by atoms with Crippen molar-refractivity contribution in [2.45, 2.75) is 51.9 Å². The fourth-order valence-corrected chi connectivity index (χ4v) is 2.34. The second-order valence-electron chi connectivity index (χ2n) is 5.30. The van der Waals surface area contributed by atoms with Crippen molar-refractivity contribution in [3.63, 3.8) is 0 Å². The van der Waals surface area contributed by atoms with Crippen molar-refractivity contribution in [3.8, 4) is 0 Å². The lowest BCUT2D eigenvalue weighted by molar-refractivity contribution is -0.0452. The van der Waals surface area contributed by atoms with E-state index in [0.717, 1.165) is 43.9 Å². The highest BCUT2D eigenvalue weighted by Gasteiger charge is 2.13. The molecule has 2 heterocycles. The van der Waals surface area contributed by atoms with E-state index >= 15 is 0 Å². The summed E-state index contributed by atoms with van der Waals surface area (Å²) >= 11 is 0. The van der Waals surface area contributed by atoms with Gasteiger partial charge in [-0.2, -0.15) is 0 Å². The average molecular weight is 278 g/mol. The van der Waals surface area contributed by atoms with E-state index in [1.807, 2.05) is 12.1 Å². The van der Waals surface area contributed by atoms with Crippen LogP contribution in [0.2, 0.25) is 0 Å². The van der Waals surface area contributed by atoms with E-state index in [4.69, 9.17) is 9.47 Å². The fourth-order valence-electron chi connectivity index (χ4n) is 2.34. The molecule has 1 aliphatic rings. The lowest BCUT2D eigenvalue weighted by Crippen LogP contribution is -2.24. The van der Waals surface area contributed by atoms with Crippen molar-refractivity contribution in [1.29, 1.82) is 0 Å². The fraction of sp³-hybridized carbons (Fsp3) is 0.688. The van der Waals surface area contributed by atoms with Crippen LogP contribution in [0.5, 0.6) is 0 Å². The Balaban J connectivity index is 1.70. The maximum atomic E-state index is 5.73. The molecule has 1 N–H and O–H groups in total. The van der Waals surface area contributed by atoms with Crippen molar-refractivity contribution in [2.75, 3.05) is 19.8 Å². The topological polar surface area (TPSA) is 43.4 Å². The molecule has 20 heavy (non-hydrogen) atoms. The summed E-state index contributed by atoms with van der Waals surface area (Å²) in [6.07, 6.45) is 4.98. The number of hydrogen-bond acceptors (Lipinski definition) is 4. The minimum absolute atomic E-state index is 0.276. The van der Waals surface area contributed by atoms with Gasteiger partial charge in [-0.25, -0.2) is 0 Å². The number of rotatable bonds is 8. The van der Waals surface area contributed by atoms with Crippen molar-refractivity contribution < 1.29 is 9.47 Å². The Morgan fingerprint density at radius 3 is 3.05 bits per heavy atom. The third-order valence-electron chi connectivity index (χ3n) is 3.43. The summed E-state index contributed by atoms with van der Waals surface area (Å²) < 4.78 is 11.4. The third kappa shape index (κ3) is 5.57. The zero-order valence-corrected chi connectivity index (χ0v) is 12.4.